The summed E-state index contributed by atoms with van der Waals surface area (Å²) in [5.41, 5.74) is 4.85. The summed E-state index contributed by atoms with van der Waals surface area (Å²) in [6.45, 7) is 17.7. The predicted octanol–water partition coefficient (Wildman–Crippen LogP) is 7.24. The zero-order valence-electron chi connectivity index (χ0n) is 22.6. The normalized spacial score (nSPS) is 38.1. The molecular weight excluding hydrogens is 436 g/mol. The molecule has 0 unspecified atom stereocenters. The average molecular weight is 479 g/mol. The highest BCUT2D eigenvalue weighted by molar-refractivity contribution is 5.92. The van der Waals surface area contributed by atoms with Crippen molar-refractivity contribution in [2.45, 2.75) is 80.1 Å². The zero-order valence-corrected chi connectivity index (χ0v) is 22.6. The minimum absolute atomic E-state index is 0.0118. The SMILES string of the molecule is C=C(C)[C@@H]1CC=C2[C@@H](CC[C@]23C(C)=CC[C@@]3(C)[C@H](C)/C=C2/C=C(C)C(=O)O2)[C@]1(C)CCC(=O)OC. The van der Waals surface area contributed by atoms with Crippen LogP contribution in [0.25, 0.3) is 0 Å². The molecule has 0 aromatic carbocycles. The molecule has 1 heterocycles. The molecule has 1 saturated carbocycles. The van der Waals surface area contributed by atoms with Crippen molar-refractivity contribution in [1.82, 2.24) is 0 Å². The van der Waals surface area contributed by atoms with Crippen LogP contribution in [0.15, 0.2) is 58.9 Å². The van der Waals surface area contributed by atoms with E-state index in [-0.39, 0.29) is 34.1 Å². The molecular formula is C31H42O4. The number of fused-ring (bicyclic) bond motifs is 2. The Bertz CT molecular complexity index is 1070. The second-order valence-electron chi connectivity index (χ2n) is 12.0. The number of carbonyl (C=O) groups is 2. The molecule has 4 heteroatoms. The molecule has 0 bridgehead atoms. The molecule has 35 heavy (non-hydrogen) atoms. The van der Waals surface area contributed by atoms with E-state index in [1.54, 1.807) is 12.5 Å². The maximum atomic E-state index is 12.2. The Kier molecular flexibility index (Phi) is 6.57. The monoisotopic (exact) mass is 478 g/mol. The van der Waals surface area contributed by atoms with E-state index in [1.165, 1.54) is 18.3 Å². The zero-order chi connectivity index (χ0) is 25.8. The molecule has 4 nitrogen and oxygen atoms in total. The van der Waals surface area contributed by atoms with Crippen LogP contribution in [0.5, 0.6) is 0 Å². The lowest BCUT2D eigenvalue weighted by molar-refractivity contribution is -0.141. The average Bonchev–Trinajstić information content (AvgIpc) is 3.44. The van der Waals surface area contributed by atoms with Gasteiger partial charge in [-0.2, -0.15) is 0 Å². The maximum Gasteiger partial charge on any atom is 0.339 e. The first-order valence-corrected chi connectivity index (χ1v) is 13.1. The van der Waals surface area contributed by atoms with Crippen LogP contribution in [0.2, 0.25) is 0 Å². The molecule has 0 aromatic rings. The molecule has 190 valence electrons. The van der Waals surface area contributed by atoms with Gasteiger partial charge in [-0.15, -0.1) is 0 Å². The molecule has 3 aliphatic carbocycles. The van der Waals surface area contributed by atoms with Gasteiger partial charge in [0, 0.05) is 17.4 Å². The Morgan fingerprint density at radius 1 is 1.31 bits per heavy atom. The van der Waals surface area contributed by atoms with Crippen molar-refractivity contribution in [3.8, 4) is 0 Å². The van der Waals surface area contributed by atoms with Gasteiger partial charge in [-0.1, -0.05) is 56.2 Å². The second-order valence-corrected chi connectivity index (χ2v) is 12.0. The van der Waals surface area contributed by atoms with Crippen molar-refractivity contribution in [3.63, 3.8) is 0 Å². The largest absolute Gasteiger partial charge is 0.469 e. The van der Waals surface area contributed by atoms with Crippen molar-refractivity contribution < 1.29 is 19.1 Å². The summed E-state index contributed by atoms with van der Waals surface area (Å²) in [7, 11) is 1.48. The lowest BCUT2D eigenvalue weighted by Crippen LogP contribution is -2.45. The third-order valence-electron chi connectivity index (χ3n) is 10.3. The quantitative estimate of drug-likeness (QED) is 0.298. The van der Waals surface area contributed by atoms with Gasteiger partial charge >= 0.3 is 11.9 Å². The predicted molar refractivity (Wildman–Crippen MR) is 139 cm³/mol. The number of allylic oxidation sites excluding steroid dienone is 7. The van der Waals surface area contributed by atoms with Crippen molar-refractivity contribution in [3.05, 3.63) is 58.9 Å². The van der Waals surface area contributed by atoms with Gasteiger partial charge in [-0.05, 0) is 93.6 Å². The molecule has 0 amide bonds. The number of methoxy groups -OCH3 is 1. The Hall–Kier alpha value is -2.36. The topological polar surface area (TPSA) is 52.6 Å². The minimum Gasteiger partial charge on any atom is -0.469 e. The number of rotatable bonds is 6. The highest BCUT2D eigenvalue weighted by atomic mass is 16.5. The maximum absolute atomic E-state index is 12.2. The number of hydrogen-bond donors (Lipinski definition) is 0. The second kappa shape index (κ2) is 8.94. The Morgan fingerprint density at radius 3 is 2.63 bits per heavy atom. The van der Waals surface area contributed by atoms with E-state index in [2.05, 4.69) is 59.4 Å². The molecule has 1 aliphatic heterocycles. The molecule has 4 aliphatic rings. The van der Waals surface area contributed by atoms with Crippen LogP contribution in [0.4, 0.5) is 0 Å². The minimum atomic E-state index is -0.243. The molecule has 6 atom stereocenters. The van der Waals surface area contributed by atoms with E-state index >= 15 is 0 Å². The van der Waals surface area contributed by atoms with E-state index in [0.29, 0.717) is 29.6 Å². The van der Waals surface area contributed by atoms with Gasteiger partial charge in [0.15, 0.2) is 0 Å². The number of cyclic esters (lactones) is 1. The molecule has 4 rings (SSSR count). The summed E-state index contributed by atoms with van der Waals surface area (Å²) in [6, 6.07) is 0. The van der Waals surface area contributed by atoms with Crippen LogP contribution in [0.3, 0.4) is 0 Å². The van der Waals surface area contributed by atoms with Crippen molar-refractivity contribution >= 4 is 11.9 Å². The van der Waals surface area contributed by atoms with E-state index in [1.807, 2.05) is 6.08 Å². The summed E-state index contributed by atoms with van der Waals surface area (Å²) in [5, 5.41) is 0. The Balaban J connectivity index is 1.74. The molecule has 1 fully saturated rings. The lowest BCUT2D eigenvalue weighted by Gasteiger charge is -2.53. The van der Waals surface area contributed by atoms with Gasteiger partial charge in [0.05, 0.1) is 7.11 Å². The number of esters is 2. The van der Waals surface area contributed by atoms with E-state index in [9.17, 15) is 9.59 Å². The first-order chi connectivity index (χ1) is 16.4. The van der Waals surface area contributed by atoms with Crippen molar-refractivity contribution in [2.75, 3.05) is 7.11 Å². The molecule has 0 radical (unpaired) electrons. The Labute approximate surface area is 211 Å². The standard InChI is InChI=1S/C31H42O4/c1-19(2)24-9-10-26-25(29(24,6)14-13-27(32)34-8)12-16-31(26)21(4)11-15-30(31,7)22(5)18-23-17-20(3)28(33)35-23/h10-11,17-18,22,24-25H,1,9,12-16H2,2-8H3/b23-18-/t22-,24+,25-,29-,30+,31+/m1/s1. The van der Waals surface area contributed by atoms with Crippen LogP contribution >= 0.6 is 0 Å². The van der Waals surface area contributed by atoms with Crippen molar-refractivity contribution in [1.29, 1.82) is 0 Å². The van der Waals surface area contributed by atoms with Crippen LogP contribution in [-0.4, -0.2) is 19.0 Å². The van der Waals surface area contributed by atoms with Gasteiger partial charge in [0.2, 0.25) is 0 Å². The first kappa shape index (κ1) is 25.7. The highest BCUT2D eigenvalue weighted by Gasteiger charge is 2.63. The molecule has 0 saturated heterocycles. The summed E-state index contributed by atoms with van der Waals surface area (Å²) >= 11 is 0. The van der Waals surface area contributed by atoms with E-state index in [4.69, 9.17) is 9.47 Å². The van der Waals surface area contributed by atoms with Crippen LogP contribution in [0.1, 0.15) is 80.1 Å². The van der Waals surface area contributed by atoms with Crippen LogP contribution in [-0.2, 0) is 19.1 Å². The third-order valence-corrected chi connectivity index (χ3v) is 10.3. The van der Waals surface area contributed by atoms with Crippen LogP contribution < -0.4 is 0 Å². The van der Waals surface area contributed by atoms with E-state index in [0.717, 1.165) is 32.1 Å². The summed E-state index contributed by atoms with van der Waals surface area (Å²) in [5.74, 6) is 1.30. The Morgan fingerprint density at radius 2 is 2.03 bits per heavy atom. The summed E-state index contributed by atoms with van der Waals surface area (Å²) in [6.07, 6.45) is 14.5. The molecule has 0 aromatic heterocycles. The van der Waals surface area contributed by atoms with Gasteiger partial charge in [0.1, 0.15) is 5.76 Å². The summed E-state index contributed by atoms with van der Waals surface area (Å²) < 4.78 is 10.5. The number of ether oxygens (including phenoxy) is 2. The van der Waals surface area contributed by atoms with Crippen molar-refractivity contribution in [2.24, 2.45) is 34.0 Å². The van der Waals surface area contributed by atoms with Gasteiger partial charge in [-0.25, -0.2) is 4.79 Å². The fourth-order valence-corrected chi connectivity index (χ4v) is 8.08. The smallest absolute Gasteiger partial charge is 0.339 e. The number of carbonyl (C=O) groups excluding carboxylic acids is 2. The lowest BCUT2D eigenvalue weighted by atomic mass is 9.51. The number of hydrogen-bond acceptors (Lipinski definition) is 4. The molecule has 0 N–H and O–H groups in total. The van der Waals surface area contributed by atoms with Gasteiger partial charge in [0.25, 0.3) is 0 Å². The van der Waals surface area contributed by atoms with E-state index < -0.39 is 0 Å². The summed E-state index contributed by atoms with van der Waals surface area (Å²) in [4.78, 5) is 24.1. The van der Waals surface area contributed by atoms with Gasteiger partial charge < -0.3 is 9.47 Å². The fraction of sp³-hybridized carbons (Fsp3) is 0.613. The first-order valence-electron chi connectivity index (χ1n) is 13.1. The van der Waals surface area contributed by atoms with Crippen LogP contribution in [0, 0.1) is 34.0 Å². The highest BCUT2D eigenvalue weighted by Crippen LogP contribution is 2.72. The fourth-order valence-electron chi connectivity index (χ4n) is 8.08. The molecule has 1 spiro atoms. The third kappa shape index (κ3) is 3.79. The van der Waals surface area contributed by atoms with Gasteiger partial charge in [-0.3, -0.25) is 4.79 Å².